The Morgan fingerprint density at radius 1 is 1.44 bits per heavy atom. The van der Waals surface area contributed by atoms with Gasteiger partial charge in [0, 0.05) is 13.1 Å². The van der Waals surface area contributed by atoms with Crippen LogP contribution in [0.5, 0.6) is 5.75 Å². The summed E-state index contributed by atoms with van der Waals surface area (Å²) in [6.45, 7) is 1.65. The first-order chi connectivity index (χ1) is 8.72. The van der Waals surface area contributed by atoms with E-state index in [1.165, 1.54) is 5.56 Å². The number of likely N-dealkylation sites (N-methyl/N-ethyl adjacent to an activating group) is 1. The molecule has 0 aromatic heterocycles. The molecule has 98 valence electrons. The van der Waals surface area contributed by atoms with E-state index in [0.717, 1.165) is 31.7 Å². The predicted molar refractivity (Wildman–Crippen MR) is 70.7 cm³/mol. The molecule has 1 fully saturated rings. The van der Waals surface area contributed by atoms with Crippen LogP contribution in [-0.4, -0.2) is 44.1 Å². The molecule has 1 aliphatic heterocycles. The molecule has 1 saturated heterocycles. The Bertz CT molecular complexity index is 420. The van der Waals surface area contributed by atoms with Crippen molar-refractivity contribution in [2.24, 2.45) is 0 Å². The van der Waals surface area contributed by atoms with Gasteiger partial charge in [-0.15, -0.1) is 0 Å². The molecule has 0 spiro atoms. The van der Waals surface area contributed by atoms with Crippen LogP contribution in [0.1, 0.15) is 12.0 Å². The van der Waals surface area contributed by atoms with Crippen LogP contribution in [0.15, 0.2) is 24.3 Å². The molecule has 0 bridgehead atoms. The Kier molecular flexibility index (Phi) is 4.20. The molecule has 1 heterocycles. The van der Waals surface area contributed by atoms with Gasteiger partial charge in [-0.1, -0.05) is 18.2 Å². The van der Waals surface area contributed by atoms with E-state index < -0.39 is 0 Å². The van der Waals surface area contributed by atoms with Crippen molar-refractivity contribution < 1.29 is 9.53 Å². The van der Waals surface area contributed by atoms with E-state index in [2.05, 4.69) is 16.3 Å². The molecule has 4 heteroatoms. The second-order valence-corrected chi connectivity index (χ2v) is 4.64. The molecule has 2 rings (SSSR count). The second kappa shape index (κ2) is 5.87. The third-order valence-corrected chi connectivity index (χ3v) is 3.48. The lowest BCUT2D eigenvalue weighted by atomic mass is 10.1. The molecular weight excluding hydrogens is 228 g/mol. The van der Waals surface area contributed by atoms with Crippen molar-refractivity contribution in [3.05, 3.63) is 29.8 Å². The quantitative estimate of drug-likeness (QED) is 0.847. The van der Waals surface area contributed by atoms with Crippen LogP contribution >= 0.6 is 0 Å². The highest BCUT2D eigenvalue weighted by atomic mass is 16.5. The van der Waals surface area contributed by atoms with Crippen LogP contribution in [0.2, 0.25) is 0 Å². The van der Waals surface area contributed by atoms with E-state index in [1.54, 1.807) is 7.11 Å². The number of nitrogens with one attached hydrogen (secondary N) is 1. The first kappa shape index (κ1) is 12.9. The van der Waals surface area contributed by atoms with E-state index in [-0.39, 0.29) is 11.9 Å². The molecule has 0 radical (unpaired) electrons. The monoisotopic (exact) mass is 248 g/mol. The molecule has 4 nitrogen and oxygen atoms in total. The van der Waals surface area contributed by atoms with Gasteiger partial charge in [-0.3, -0.25) is 9.69 Å². The van der Waals surface area contributed by atoms with Crippen molar-refractivity contribution in [1.29, 1.82) is 0 Å². The van der Waals surface area contributed by atoms with Crippen molar-refractivity contribution in [3.8, 4) is 5.75 Å². The Morgan fingerprint density at radius 3 is 2.89 bits per heavy atom. The number of ether oxygens (including phenoxy) is 1. The minimum absolute atomic E-state index is 0.0275. The topological polar surface area (TPSA) is 41.6 Å². The first-order valence-electron chi connectivity index (χ1n) is 6.32. The zero-order valence-electron chi connectivity index (χ0n) is 11.0. The lowest BCUT2D eigenvalue weighted by Gasteiger charge is -2.22. The SMILES string of the molecule is COc1ccccc1CCN(C)[C@H]1CCNC1=O. The molecule has 18 heavy (non-hydrogen) atoms. The number of nitrogens with zero attached hydrogens (tertiary/aromatic N) is 1. The van der Waals surface area contributed by atoms with Gasteiger partial charge in [0.05, 0.1) is 13.2 Å². The fourth-order valence-electron chi connectivity index (χ4n) is 2.36. The number of methoxy groups -OCH3 is 1. The lowest BCUT2D eigenvalue weighted by Crippen LogP contribution is -2.39. The molecule has 1 amide bonds. The van der Waals surface area contributed by atoms with Crippen molar-refractivity contribution >= 4 is 5.91 Å². The Morgan fingerprint density at radius 2 is 2.22 bits per heavy atom. The van der Waals surface area contributed by atoms with Gasteiger partial charge >= 0.3 is 0 Å². The highest BCUT2D eigenvalue weighted by molar-refractivity contribution is 5.83. The van der Waals surface area contributed by atoms with Crippen molar-refractivity contribution in [1.82, 2.24) is 10.2 Å². The molecular formula is C14H20N2O2. The van der Waals surface area contributed by atoms with Gasteiger partial charge in [0.2, 0.25) is 5.91 Å². The number of para-hydroxylation sites is 1. The number of hydrogen-bond acceptors (Lipinski definition) is 3. The summed E-state index contributed by atoms with van der Waals surface area (Å²) < 4.78 is 5.33. The summed E-state index contributed by atoms with van der Waals surface area (Å²) in [6, 6.07) is 8.05. The standard InChI is InChI=1S/C14H20N2O2/c1-16(12-7-9-15-14(12)17)10-8-11-5-3-4-6-13(11)18-2/h3-6,12H,7-10H2,1-2H3,(H,15,17)/t12-/m0/s1. The third-order valence-electron chi connectivity index (χ3n) is 3.48. The minimum Gasteiger partial charge on any atom is -0.496 e. The molecule has 0 unspecified atom stereocenters. The third kappa shape index (κ3) is 2.82. The summed E-state index contributed by atoms with van der Waals surface area (Å²) in [5, 5.41) is 2.87. The second-order valence-electron chi connectivity index (χ2n) is 4.64. The van der Waals surface area contributed by atoms with Crippen LogP contribution in [-0.2, 0) is 11.2 Å². The predicted octanol–water partition coefficient (Wildman–Crippen LogP) is 1.06. The number of benzene rings is 1. The average Bonchev–Trinajstić information content (AvgIpc) is 2.82. The number of hydrogen-bond donors (Lipinski definition) is 1. The van der Waals surface area contributed by atoms with Crippen LogP contribution in [0.25, 0.3) is 0 Å². The van der Waals surface area contributed by atoms with Crippen LogP contribution in [0.4, 0.5) is 0 Å². The van der Waals surface area contributed by atoms with Crippen molar-refractivity contribution in [2.75, 3.05) is 27.2 Å². The molecule has 0 saturated carbocycles. The highest BCUT2D eigenvalue weighted by Crippen LogP contribution is 2.18. The maximum absolute atomic E-state index is 11.6. The maximum atomic E-state index is 11.6. The molecule has 1 atom stereocenters. The Labute approximate surface area is 108 Å². The summed E-state index contributed by atoms with van der Waals surface area (Å²) in [7, 11) is 3.69. The number of amides is 1. The number of rotatable bonds is 5. The van der Waals surface area contributed by atoms with Crippen LogP contribution in [0.3, 0.4) is 0 Å². The summed E-state index contributed by atoms with van der Waals surface area (Å²) in [5.41, 5.74) is 1.19. The largest absolute Gasteiger partial charge is 0.496 e. The van der Waals surface area contributed by atoms with E-state index in [4.69, 9.17) is 4.74 Å². The summed E-state index contributed by atoms with van der Waals surface area (Å²) >= 11 is 0. The highest BCUT2D eigenvalue weighted by Gasteiger charge is 2.27. The van der Waals surface area contributed by atoms with Gasteiger partial charge in [-0.25, -0.2) is 0 Å². The molecule has 1 N–H and O–H groups in total. The van der Waals surface area contributed by atoms with Gasteiger partial charge in [-0.2, -0.15) is 0 Å². The average molecular weight is 248 g/mol. The normalized spacial score (nSPS) is 19.1. The lowest BCUT2D eigenvalue weighted by molar-refractivity contribution is -0.123. The Hall–Kier alpha value is -1.55. The van der Waals surface area contributed by atoms with Gasteiger partial charge in [0.15, 0.2) is 0 Å². The van der Waals surface area contributed by atoms with E-state index in [9.17, 15) is 4.79 Å². The fraction of sp³-hybridized carbons (Fsp3) is 0.500. The molecule has 0 aliphatic carbocycles. The van der Waals surface area contributed by atoms with Gasteiger partial charge in [-0.05, 0) is 31.5 Å². The zero-order valence-corrected chi connectivity index (χ0v) is 11.0. The summed E-state index contributed by atoms with van der Waals surface area (Å²) in [5.74, 6) is 1.07. The maximum Gasteiger partial charge on any atom is 0.237 e. The number of carbonyl (C=O) groups is 1. The van der Waals surface area contributed by atoms with E-state index >= 15 is 0 Å². The first-order valence-corrected chi connectivity index (χ1v) is 6.32. The van der Waals surface area contributed by atoms with E-state index in [0.29, 0.717) is 0 Å². The fourth-order valence-corrected chi connectivity index (χ4v) is 2.36. The molecule has 1 aliphatic rings. The van der Waals surface area contributed by atoms with Gasteiger partial charge < -0.3 is 10.1 Å². The number of carbonyl (C=O) groups excluding carboxylic acids is 1. The van der Waals surface area contributed by atoms with Gasteiger partial charge in [0.25, 0.3) is 0 Å². The Balaban J connectivity index is 1.92. The minimum atomic E-state index is 0.0275. The van der Waals surface area contributed by atoms with Crippen molar-refractivity contribution in [3.63, 3.8) is 0 Å². The summed E-state index contributed by atoms with van der Waals surface area (Å²) in [6.07, 6.45) is 1.80. The molecule has 1 aromatic rings. The summed E-state index contributed by atoms with van der Waals surface area (Å²) in [4.78, 5) is 13.7. The van der Waals surface area contributed by atoms with E-state index in [1.807, 2.05) is 25.2 Å². The smallest absolute Gasteiger partial charge is 0.237 e. The van der Waals surface area contributed by atoms with Crippen molar-refractivity contribution in [2.45, 2.75) is 18.9 Å². The molecule has 1 aromatic carbocycles. The van der Waals surface area contributed by atoms with Crippen LogP contribution < -0.4 is 10.1 Å². The van der Waals surface area contributed by atoms with Gasteiger partial charge in [0.1, 0.15) is 5.75 Å². The van der Waals surface area contributed by atoms with Crippen LogP contribution in [0, 0.1) is 0 Å². The zero-order chi connectivity index (χ0) is 13.0.